The van der Waals surface area contributed by atoms with Gasteiger partial charge in [0.15, 0.2) is 9.84 Å². The van der Waals surface area contributed by atoms with E-state index >= 15 is 0 Å². The molecule has 1 aromatic carbocycles. The van der Waals surface area contributed by atoms with Crippen molar-refractivity contribution in [3.05, 3.63) is 28.8 Å². The van der Waals surface area contributed by atoms with Gasteiger partial charge in [0.05, 0.1) is 23.6 Å². The number of nitrogens with one attached hydrogen (secondary N) is 2. The first-order valence-corrected chi connectivity index (χ1v) is 8.80. The second kappa shape index (κ2) is 6.53. The Hall–Kier alpha value is -1.80. The molecule has 1 atom stereocenters. The van der Waals surface area contributed by atoms with Gasteiger partial charge in [0.25, 0.3) is 5.91 Å². The number of hydrogen-bond donors (Lipinski definition) is 3. The summed E-state index contributed by atoms with van der Waals surface area (Å²) < 4.78 is 22.7. The molecule has 2 rings (SSSR count). The second-order valence-electron chi connectivity index (χ2n) is 5.08. The summed E-state index contributed by atoms with van der Waals surface area (Å²) in [5.74, 6) is -0.951. The summed E-state index contributed by atoms with van der Waals surface area (Å²) in [6, 6.07) is 4.12. The van der Waals surface area contributed by atoms with Gasteiger partial charge in [0.1, 0.15) is 0 Å². The van der Waals surface area contributed by atoms with Gasteiger partial charge < -0.3 is 16.4 Å². The highest BCUT2D eigenvalue weighted by atomic mass is 35.5. The van der Waals surface area contributed by atoms with Crippen LogP contribution in [0.25, 0.3) is 0 Å². The van der Waals surface area contributed by atoms with Gasteiger partial charge in [-0.1, -0.05) is 11.6 Å². The van der Waals surface area contributed by atoms with Crippen molar-refractivity contribution in [1.29, 1.82) is 0 Å². The molecule has 4 N–H and O–H groups in total. The van der Waals surface area contributed by atoms with E-state index in [0.29, 0.717) is 17.1 Å². The van der Waals surface area contributed by atoms with E-state index in [9.17, 15) is 18.0 Å². The van der Waals surface area contributed by atoms with Crippen molar-refractivity contribution in [3.63, 3.8) is 0 Å². The Balaban J connectivity index is 1.94. The van der Waals surface area contributed by atoms with Gasteiger partial charge in [-0.2, -0.15) is 0 Å². The topological polar surface area (TPSA) is 118 Å². The van der Waals surface area contributed by atoms with Crippen LogP contribution in [0.2, 0.25) is 5.02 Å². The van der Waals surface area contributed by atoms with Crippen molar-refractivity contribution < 1.29 is 18.0 Å². The van der Waals surface area contributed by atoms with E-state index in [1.807, 2.05) is 0 Å². The minimum atomic E-state index is -3.05. The van der Waals surface area contributed by atoms with Crippen molar-refractivity contribution in [3.8, 4) is 0 Å². The standard InChI is InChI=1S/C13H16ClN3O4S/c14-8-1-2-10(13(15)19)11(5-8)16-6-12(18)17-9-3-4-22(20,21)7-9/h1-2,5,9,16H,3-4,6-7H2,(H2,15,19)(H,17,18). The first-order chi connectivity index (χ1) is 10.3. The van der Waals surface area contributed by atoms with Crippen LogP contribution in [-0.2, 0) is 14.6 Å². The minimum Gasteiger partial charge on any atom is -0.375 e. The van der Waals surface area contributed by atoms with Crippen molar-refractivity contribution in [2.75, 3.05) is 23.4 Å². The highest BCUT2D eigenvalue weighted by molar-refractivity contribution is 7.91. The molecule has 1 unspecified atom stereocenters. The third kappa shape index (κ3) is 4.35. The van der Waals surface area contributed by atoms with Crippen LogP contribution in [0.15, 0.2) is 18.2 Å². The molecule has 0 spiro atoms. The predicted octanol–water partition coefficient (Wildman–Crippen LogP) is 0.154. The summed E-state index contributed by atoms with van der Waals surface area (Å²) in [5, 5.41) is 5.82. The van der Waals surface area contributed by atoms with Crippen LogP contribution >= 0.6 is 11.6 Å². The zero-order valence-electron chi connectivity index (χ0n) is 11.6. The molecule has 0 bridgehead atoms. The Bertz CT molecular complexity index is 705. The Kier molecular flexibility index (Phi) is 4.92. The fraction of sp³-hybridized carbons (Fsp3) is 0.385. The van der Waals surface area contributed by atoms with Crippen molar-refractivity contribution in [1.82, 2.24) is 5.32 Å². The van der Waals surface area contributed by atoms with E-state index in [1.165, 1.54) is 18.2 Å². The average molecular weight is 346 g/mol. The zero-order chi connectivity index (χ0) is 16.3. The van der Waals surface area contributed by atoms with Gasteiger partial charge >= 0.3 is 0 Å². The van der Waals surface area contributed by atoms with E-state index < -0.39 is 15.7 Å². The number of hydrogen-bond acceptors (Lipinski definition) is 5. The summed E-state index contributed by atoms with van der Waals surface area (Å²) >= 11 is 5.85. The smallest absolute Gasteiger partial charge is 0.250 e. The predicted molar refractivity (Wildman–Crippen MR) is 83.7 cm³/mol. The molecule has 0 radical (unpaired) electrons. The molecule has 1 heterocycles. The van der Waals surface area contributed by atoms with Gasteiger partial charge in [-0.15, -0.1) is 0 Å². The number of nitrogens with two attached hydrogens (primary N) is 1. The fourth-order valence-corrected chi connectivity index (χ4v) is 4.09. The largest absolute Gasteiger partial charge is 0.375 e. The highest BCUT2D eigenvalue weighted by Gasteiger charge is 2.28. The molecule has 0 aliphatic carbocycles. The van der Waals surface area contributed by atoms with E-state index in [0.717, 1.165) is 0 Å². The molecule has 1 saturated heterocycles. The van der Waals surface area contributed by atoms with Crippen molar-refractivity contribution in [2.45, 2.75) is 12.5 Å². The van der Waals surface area contributed by atoms with Gasteiger partial charge in [0.2, 0.25) is 5.91 Å². The molecule has 1 aliphatic heterocycles. The number of amides is 2. The van der Waals surface area contributed by atoms with Crippen LogP contribution in [0.3, 0.4) is 0 Å². The zero-order valence-corrected chi connectivity index (χ0v) is 13.2. The van der Waals surface area contributed by atoms with E-state index in [1.54, 1.807) is 0 Å². The maximum atomic E-state index is 11.8. The SMILES string of the molecule is NC(=O)c1ccc(Cl)cc1NCC(=O)NC1CCS(=O)(=O)C1. The Labute approximate surface area is 133 Å². The van der Waals surface area contributed by atoms with Crippen molar-refractivity contribution in [2.24, 2.45) is 5.73 Å². The average Bonchev–Trinajstić information content (AvgIpc) is 2.75. The number of sulfone groups is 1. The lowest BCUT2D eigenvalue weighted by Gasteiger charge is -2.13. The molecule has 1 aromatic rings. The first kappa shape index (κ1) is 16.6. The maximum Gasteiger partial charge on any atom is 0.250 e. The second-order valence-corrected chi connectivity index (χ2v) is 7.74. The van der Waals surface area contributed by atoms with E-state index in [-0.39, 0.29) is 35.6 Å². The van der Waals surface area contributed by atoms with Gasteiger partial charge in [0, 0.05) is 16.8 Å². The highest BCUT2D eigenvalue weighted by Crippen LogP contribution is 2.20. The summed E-state index contributed by atoms with van der Waals surface area (Å²) in [6.07, 6.45) is 0.414. The van der Waals surface area contributed by atoms with Crippen LogP contribution in [0.4, 0.5) is 5.69 Å². The lowest BCUT2D eigenvalue weighted by atomic mass is 10.1. The molecule has 0 saturated carbocycles. The van der Waals surface area contributed by atoms with Crippen LogP contribution in [0, 0.1) is 0 Å². The number of benzene rings is 1. The monoisotopic (exact) mass is 345 g/mol. The Morgan fingerprint density at radius 2 is 2.09 bits per heavy atom. The van der Waals surface area contributed by atoms with Crippen LogP contribution in [0.5, 0.6) is 0 Å². The summed E-state index contributed by atoms with van der Waals surface area (Å²) in [7, 11) is -3.05. The Morgan fingerprint density at radius 1 is 1.36 bits per heavy atom. The molecule has 7 nitrogen and oxygen atoms in total. The molecule has 2 amide bonds. The van der Waals surface area contributed by atoms with E-state index in [4.69, 9.17) is 17.3 Å². The van der Waals surface area contributed by atoms with Gasteiger partial charge in [-0.05, 0) is 24.6 Å². The lowest BCUT2D eigenvalue weighted by molar-refractivity contribution is -0.119. The summed E-state index contributed by atoms with van der Waals surface area (Å²) in [5.41, 5.74) is 5.82. The van der Waals surface area contributed by atoms with Crippen molar-refractivity contribution >= 4 is 38.9 Å². The molecule has 120 valence electrons. The third-order valence-corrected chi connectivity index (χ3v) is 5.29. The number of halogens is 1. The Morgan fingerprint density at radius 3 is 2.68 bits per heavy atom. The molecule has 1 fully saturated rings. The molecular weight excluding hydrogens is 330 g/mol. The summed E-state index contributed by atoms with van der Waals surface area (Å²) in [6.45, 7) is -0.114. The maximum absolute atomic E-state index is 11.8. The molecule has 9 heteroatoms. The third-order valence-electron chi connectivity index (χ3n) is 3.28. The minimum absolute atomic E-state index is 0.0392. The first-order valence-electron chi connectivity index (χ1n) is 6.60. The van der Waals surface area contributed by atoms with Crippen LogP contribution in [0.1, 0.15) is 16.8 Å². The lowest BCUT2D eigenvalue weighted by Crippen LogP contribution is -2.39. The molecular formula is C13H16ClN3O4S. The van der Waals surface area contributed by atoms with Crippen LogP contribution < -0.4 is 16.4 Å². The molecule has 22 heavy (non-hydrogen) atoms. The fourth-order valence-electron chi connectivity index (χ4n) is 2.24. The normalized spacial score (nSPS) is 19.6. The van der Waals surface area contributed by atoms with E-state index in [2.05, 4.69) is 10.6 Å². The molecule has 0 aromatic heterocycles. The van der Waals surface area contributed by atoms with Gasteiger partial charge in [-0.3, -0.25) is 9.59 Å². The number of carbonyl (C=O) groups is 2. The summed E-state index contributed by atoms with van der Waals surface area (Å²) in [4.78, 5) is 23.1. The van der Waals surface area contributed by atoms with Gasteiger partial charge in [-0.25, -0.2) is 8.42 Å². The number of anilines is 1. The van der Waals surface area contributed by atoms with Crippen LogP contribution in [-0.4, -0.2) is 44.3 Å². The number of primary amides is 1. The quantitative estimate of drug-likeness (QED) is 0.702. The number of rotatable bonds is 5. The number of carbonyl (C=O) groups excluding carboxylic acids is 2. The molecule has 1 aliphatic rings.